The summed E-state index contributed by atoms with van der Waals surface area (Å²) >= 11 is 0. The molecular weight excluding hydrogens is 434 g/mol. The van der Waals surface area contributed by atoms with Crippen molar-refractivity contribution in [3.63, 3.8) is 0 Å². The summed E-state index contributed by atoms with van der Waals surface area (Å²) < 4.78 is 0. The van der Waals surface area contributed by atoms with Crippen LogP contribution in [0.15, 0.2) is 48.8 Å². The van der Waals surface area contributed by atoms with Crippen LogP contribution in [-0.2, 0) is 27.2 Å². The number of nitrogens with zero attached hydrogens (tertiary/aromatic N) is 2. The Balaban J connectivity index is 1.47. The third kappa shape index (κ3) is 7.33. The minimum absolute atomic E-state index is 0.121. The lowest BCUT2D eigenvalue weighted by Gasteiger charge is -2.21. The van der Waals surface area contributed by atoms with Gasteiger partial charge in [0.15, 0.2) is 0 Å². The predicted molar refractivity (Wildman–Crippen MR) is 130 cm³/mol. The SMILES string of the molecule is CN(CC(=O)NC(CCc1c[nH]c2ccccc12)CC(=O)O)C(=O)CCCc1ccnc(N)c1. The van der Waals surface area contributed by atoms with Crippen LogP contribution >= 0.6 is 0 Å². The fraction of sp³-hybridized carbons (Fsp3) is 0.360. The molecule has 180 valence electrons. The highest BCUT2D eigenvalue weighted by molar-refractivity contribution is 5.85. The first-order valence-corrected chi connectivity index (χ1v) is 11.3. The van der Waals surface area contributed by atoms with E-state index < -0.39 is 12.0 Å². The molecule has 1 aromatic carbocycles. The van der Waals surface area contributed by atoms with E-state index in [0.717, 1.165) is 22.0 Å². The molecule has 0 saturated heterocycles. The molecule has 9 heteroatoms. The van der Waals surface area contributed by atoms with Crippen LogP contribution in [-0.4, -0.2) is 57.4 Å². The van der Waals surface area contributed by atoms with Crippen molar-refractivity contribution < 1.29 is 19.5 Å². The number of aliphatic carboxylic acids is 1. The second kappa shape index (κ2) is 11.8. The van der Waals surface area contributed by atoms with Crippen molar-refractivity contribution >= 4 is 34.5 Å². The molecule has 2 amide bonds. The highest BCUT2D eigenvalue weighted by atomic mass is 16.4. The number of hydrogen-bond donors (Lipinski definition) is 4. The van der Waals surface area contributed by atoms with Gasteiger partial charge in [-0.2, -0.15) is 0 Å². The number of anilines is 1. The third-order valence-electron chi connectivity index (χ3n) is 5.73. The first kappa shape index (κ1) is 24.8. The molecular formula is C25H31N5O4. The summed E-state index contributed by atoms with van der Waals surface area (Å²) in [5.41, 5.74) is 8.76. The number of nitrogen functional groups attached to an aromatic ring is 1. The van der Waals surface area contributed by atoms with Gasteiger partial charge in [-0.25, -0.2) is 4.98 Å². The number of carbonyl (C=O) groups excluding carboxylic acids is 2. The van der Waals surface area contributed by atoms with E-state index in [9.17, 15) is 19.5 Å². The van der Waals surface area contributed by atoms with Crippen molar-refractivity contribution in [1.82, 2.24) is 20.2 Å². The number of carboxylic acids is 1. The van der Waals surface area contributed by atoms with Crippen molar-refractivity contribution in [3.8, 4) is 0 Å². The Labute approximate surface area is 198 Å². The number of para-hydroxylation sites is 1. The minimum Gasteiger partial charge on any atom is -0.481 e. The Bertz CT molecular complexity index is 1140. The molecule has 3 rings (SSSR count). The summed E-state index contributed by atoms with van der Waals surface area (Å²) in [6, 6.07) is 11.0. The normalized spacial score (nSPS) is 11.8. The average Bonchev–Trinajstić information content (AvgIpc) is 3.20. The number of fused-ring (bicyclic) bond motifs is 1. The van der Waals surface area contributed by atoms with Gasteiger partial charge in [0.25, 0.3) is 0 Å². The number of hydrogen-bond acceptors (Lipinski definition) is 5. The van der Waals surface area contributed by atoms with Crippen LogP contribution in [0.4, 0.5) is 5.82 Å². The van der Waals surface area contributed by atoms with Gasteiger partial charge in [0.2, 0.25) is 11.8 Å². The molecule has 0 fully saturated rings. The van der Waals surface area contributed by atoms with E-state index in [0.29, 0.717) is 37.9 Å². The summed E-state index contributed by atoms with van der Waals surface area (Å²) in [7, 11) is 1.57. The van der Waals surface area contributed by atoms with Crippen LogP contribution in [0.3, 0.4) is 0 Å². The number of likely N-dealkylation sites (N-methyl/N-ethyl adjacent to an activating group) is 1. The smallest absolute Gasteiger partial charge is 0.305 e. The molecule has 1 atom stereocenters. The number of aromatic amines is 1. The second-order valence-electron chi connectivity index (χ2n) is 8.45. The second-order valence-corrected chi connectivity index (χ2v) is 8.45. The zero-order chi connectivity index (χ0) is 24.5. The number of rotatable bonds is 12. The maximum Gasteiger partial charge on any atom is 0.305 e. The summed E-state index contributed by atoms with van der Waals surface area (Å²) in [5, 5.41) is 13.1. The molecule has 0 bridgehead atoms. The van der Waals surface area contributed by atoms with Crippen LogP contribution in [0.1, 0.15) is 36.8 Å². The largest absolute Gasteiger partial charge is 0.481 e. The number of nitrogens with two attached hydrogens (primary N) is 1. The molecule has 2 aromatic heterocycles. The number of aromatic nitrogens is 2. The fourth-order valence-electron chi connectivity index (χ4n) is 3.97. The van der Waals surface area contributed by atoms with Gasteiger partial charge in [0.1, 0.15) is 5.82 Å². The van der Waals surface area contributed by atoms with Gasteiger partial charge in [0, 0.05) is 42.8 Å². The summed E-state index contributed by atoms with van der Waals surface area (Å²) in [5.74, 6) is -1.06. The van der Waals surface area contributed by atoms with Crippen molar-refractivity contribution in [1.29, 1.82) is 0 Å². The van der Waals surface area contributed by atoms with Gasteiger partial charge in [0.05, 0.1) is 13.0 Å². The molecule has 0 radical (unpaired) electrons. The Morgan fingerprint density at radius 2 is 2.00 bits per heavy atom. The molecule has 0 aliphatic carbocycles. The van der Waals surface area contributed by atoms with E-state index >= 15 is 0 Å². The minimum atomic E-state index is -0.981. The van der Waals surface area contributed by atoms with E-state index in [2.05, 4.69) is 15.3 Å². The van der Waals surface area contributed by atoms with Crippen molar-refractivity contribution in [3.05, 3.63) is 59.9 Å². The van der Waals surface area contributed by atoms with Crippen LogP contribution in [0.25, 0.3) is 10.9 Å². The standard InChI is InChI=1S/C25H31N5O4/c1-30(24(32)8-4-5-17-11-12-27-22(26)13-17)16-23(31)29-19(14-25(33)34)10-9-18-15-28-21-7-3-2-6-20(18)21/h2-3,6-7,11-13,15,19,28H,4-5,8-10,14,16H2,1H3,(H2,26,27)(H,29,31)(H,33,34). The van der Waals surface area contributed by atoms with Gasteiger partial charge in [-0.15, -0.1) is 0 Å². The first-order chi connectivity index (χ1) is 16.3. The van der Waals surface area contributed by atoms with E-state index in [1.54, 1.807) is 19.3 Å². The number of carboxylic acid groups (broad SMARTS) is 1. The first-order valence-electron chi connectivity index (χ1n) is 11.3. The molecule has 5 N–H and O–H groups in total. The zero-order valence-corrected chi connectivity index (χ0v) is 19.3. The molecule has 34 heavy (non-hydrogen) atoms. The topological polar surface area (TPSA) is 141 Å². The fourth-order valence-corrected chi connectivity index (χ4v) is 3.97. The lowest BCUT2D eigenvalue weighted by Crippen LogP contribution is -2.43. The van der Waals surface area contributed by atoms with E-state index in [-0.39, 0.29) is 24.8 Å². The van der Waals surface area contributed by atoms with Gasteiger partial charge in [-0.3, -0.25) is 14.4 Å². The summed E-state index contributed by atoms with van der Waals surface area (Å²) in [4.78, 5) is 44.8. The van der Waals surface area contributed by atoms with Crippen LogP contribution in [0.2, 0.25) is 0 Å². The number of carbonyl (C=O) groups is 3. The highest BCUT2D eigenvalue weighted by Crippen LogP contribution is 2.20. The highest BCUT2D eigenvalue weighted by Gasteiger charge is 2.19. The molecule has 0 aliphatic rings. The number of aryl methyl sites for hydroxylation is 2. The maximum atomic E-state index is 12.5. The van der Waals surface area contributed by atoms with Gasteiger partial charge >= 0.3 is 5.97 Å². The number of H-pyrrole nitrogens is 1. The molecule has 0 aliphatic heterocycles. The molecule has 0 saturated carbocycles. The Kier molecular flexibility index (Phi) is 8.61. The van der Waals surface area contributed by atoms with Crippen molar-refractivity contribution in [2.45, 2.75) is 44.6 Å². The Morgan fingerprint density at radius 3 is 2.76 bits per heavy atom. The van der Waals surface area contributed by atoms with Crippen molar-refractivity contribution in [2.24, 2.45) is 0 Å². The van der Waals surface area contributed by atoms with E-state index in [4.69, 9.17) is 5.73 Å². The van der Waals surface area contributed by atoms with Gasteiger partial charge in [-0.05, 0) is 55.0 Å². The lowest BCUT2D eigenvalue weighted by atomic mass is 10.0. The molecule has 0 spiro atoms. The summed E-state index contributed by atoms with van der Waals surface area (Å²) in [6.07, 6.45) is 6.08. The maximum absolute atomic E-state index is 12.5. The lowest BCUT2D eigenvalue weighted by molar-refractivity contribution is -0.138. The Hall–Kier alpha value is -3.88. The third-order valence-corrected chi connectivity index (χ3v) is 5.73. The molecule has 2 heterocycles. The molecule has 9 nitrogen and oxygen atoms in total. The monoisotopic (exact) mass is 465 g/mol. The van der Waals surface area contributed by atoms with E-state index in [1.165, 1.54) is 4.90 Å². The zero-order valence-electron chi connectivity index (χ0n) is 19.3. The number of nitrogens with one attached hydrogen (secondary N) is 2. The number of benzene rings is 1. The summed E-state index contributed by atoms with van der Waals surface area (Å²) in [6.45, 7) is -0.121. The average molecular weight is 466 g/mol. The van der Waals surface area contributed by atoms with Gasteiger partial charge < -0.3 is 26.0 Å². The van der Waals surface area contributed by atoms with E-state index in [1.807, 2.05) is 36.5 Å². The number of pyridine rings is 1. The quantitative estimate of drug-likeness (QED) is 0.324. The molecule has 3 aromatic rings. The van der Waals surface area contributed by atoms with Crippen LogP contribution in [0, 0.1) is 0 Å². The van der Waals surface area contributed by atoms with Gasteiger partial charge in [-0.1, -0.05) is 18.2 Å². The predicted octanol–water partition coefficient (Wildman–Crippen LogP) is 2.52. The van der Waals surface area contributed by atoms with Crippen LogP contribution in [0.5, 0.6) is 0 Å². The van der Waals surface area contributed by atoms with Crippen LogP contribution < -0.4 is 11.1 Å². The number of amides is 2. The molecule has 1 unspecified atom stereocenters. The Morgan fingerprint density at radius 1 is 1.21 bits per heavy atom. The van der Waals surface area contributed by atoms with Crippen molar-refractivity contribution in [2.75, 3.05) is 19.3 Å².